The van der Waals surface area contributed by atoms with Gasteiger partial charge in [0.2, 0.25) is 0 Å². The van der Waals surface area contributed by atoms with Crippen LogP contribution in [-0.4, -0.2) is 30.1 Å². The lowest BCUT2D eigenvalue weighted by Crippen LogP contribution is -2.37. The van der Waals surface area contributed by atoms with Crippen molar-refractivity contribution in [3.63, 3.8) is 0 Å². The zero-order valence-electron chi connectivity index (χ0n) is 10.8. The van der Waals surface area contributed by atoms with Crippen molar-refractivity contribution in [3.8, 4) is 5.75 Å². The molecule has 0 unspecified atom stereocenters. The van der Waals surface area contributed by atoms with E-state index in [0.717, 1.165) is 23.6 Å². The maximum absolute atomic E-state index is 11.6. The van der Waals surface area contributed by atoms with Gasteiger partial charge in [-0.1, -0.05) is 23.9 Å². The van der Waals surface area contributed by atoms with Gasteiger partial charge in [0, 0.05) is 12.3 Å². The van der Waals surface area contributed by atoms with Crippen LogP contribution in [0.2, 0.25) is 0 Å². The Hall–Kier alpha value is -1.69. The minimum atomic E-state index is -0.220. The molecule has 0 spiro atoms. The molecule has 1 aromatic rings. The number of nitrogens with one attached hydrogen (secondary N) is 2. The number of carbonyl (C=O) groups is 1. The minimum Gasteiger partial charge on any atom is -0.494 e. The van der Waals surface area contributed by atoms with Crippen LogP contribution in [0.4, 0.5) is 4.79 Å². The number of amidine groups is 1. The summed E-state index contributed by atoms with van der Waals surface area (Å²) in [5, 5.41) is 6.21. The fourth-order valence-corrected chi connectivity index (χ4v) is 2.33. The van der Waals surface area contributed by atoms with Crippen LogP contribution in [0, 0.1) is 0 Å². The molecule has 19 heavy (non-hydrogen) atoms. The van der Waals surface area contributed by atoms with Gasteiger partial charge in [-0.2, -0.15) is 0 Å². The van der Waals surface area contributed by atoms with Gasteiger partial charge in [-0.15, -0.1) is 0 Å². The van der Waals surface area contributed by atoms with Crippen molar-refractivity contribution in [1.29, 1.82) is 0 Å². The molecule has 0 bridgehead atoms. The maximum Gasteiger partial charge on any atom is 0.321 e. The van der Waals surface area contributed by atoms with Crippen LogP contribution in [0.15, 0.2) is 29.3 Å². The number of amides is 2. The Morgan fingerprint density at radius 2 is 2.21 bits per heavy atom. The summed E-state index contributed by atoms with van der Waals surface area (Å²) in [7, 11) is 0. The average Bonchev–Trinajstić information content (AvgIpc) is 2.91. The zero-order chi connectivity index (χ0) is 13.5. The molecule has 6 heteroatoms. The molecule has 0 fully saturated rings. The normalized spacial score (nSPS) is 13.8. The van der Waals surface area contributed by atoms with Crippen LogP contribution in [0.3, 0.4) is 0 Å². The molecular weight excluding hydrogens is 262 g/mol. The second-order valence-corrected chi connectivity index (χ2v) is 5.00. The summed E-state index contributed by atoms with van der Waals surface area (Å²) in [4.78, 5) is 15.8. The highest BCUT2D eigenvalue weighted by Crippen LogP contribution is 2.12. The molecule has 2 rings (SSSR count). The van der Waals surface area contributed by atoms with E-state index in [-0.39, 0.29) is 6.03 Å². The summed E-state index contributed by atoms with van der Waals surface area (Å²) < 4.78 is 5.36. The Bertz CT molecular complexity index is 459. The molecule has 0 radical (unpaired) electrons. The van der Waals surface area contributed by atoms with Gasteiger partial charge >= 0.3 is 6.03 Å². The minimum absolute atomic E-state index is 0.220. The second kappa shape index (κ2) is 7.04. The highest BCUT2D eigenvalue weighted by atomic mass is 32.2. The number of ether oxygens (including phenoxy) is 1. The largest absolute Gasteiger partial charge is 0.494 e. The molecule has 5 nitrogen and oxygen atoms in total. The van der Waals surface area contributed by atoms with Crippen LogP contribution < -0.4 is 15.4 Å². The number of benzene rings is 1. The molecule has 2 N–H and O–H groups in total. The van der Waals surface area contributed by atoms with Gasteiger partial charge in [0.25, 0.3) is 0 Å². The zero-order valence-corrected chi connectivity index (χ0v) is 11.6. The molecule has 1 aliphatic heterocycles. The monoisotopic (exact) mass is 279 g/mol. The molecule has 0 aliphatic carbocycles. The highest BCUT2D eigenvalue weighted by Gasteiger charge is 2.10. The number of hydrogen-bond acceptors (Lipinski definition) is 4. The van der Waals surface area contributed by atoms with Crippen LogP contribution in [-0.2, 0) is 6.54 Å². The fraction of sp³-hybridized carbons (Fsp3) is 0.385. The first-order valence-corrected chi connectivity index (χ1v) is 7.20. The Kier molecular flexibility index (Phi) is 5.09. The van der Waals surface area contributed by atoms with Gasteiger partial charge in [0.15, 0.2) is 5.17 Å². The van der Waals surface area contributed by atoms with Gasteiger partial charge < -0.3 is 10.1 Å². The lowest BCUT2D eigenvalue weighted by molar-refractivity contribution is 0.245. The van der Waals surface area contributed by atoms with Gasteiger partial charge in [-0.3, -0.25) is 10.3 Å². The van der Waals surface area contributed by atoms with E-state index >= 15 is 0 Å². The molecule has 1 aliphatic rings. The van der Waals surface area contributed by atoms with Crippen molar-refractivity contribution < 1.29 is 9.53 Å². The van der Waals surface area contributed by atoms with E-state index in [1.54, 1.807) is 11.8 Å². The topological polar surface area (TPSA) is 62.7 Å². The molecule has 0 atom stereocenters. The van der Waals surface area contributed by atoms with E-state index in [0.29, 0.717) is 18.3 Å². The van der Waals surface area contributed by atoms with Crippen LogP contribution in [0.1, 0.15) is 12.5 Å². The van der Waals surface area contributed by atoms with Gasteiger partial charge in [0.1, 0.15) is 5.75 Å². The number of rotatable bonds is 4. The molecular formula is C13H17N3O2S. The number of aliphatic imine (C=N–C) groups is 1. The Morgan fingerprint density at radius 3 is 2.84 bits per heavy atom. The van der Waals surface area contributed by atoms with Crippen LogP contribution in [0.25, 0.3) is 0 Å². The van der Waals surface area contributed by atoms with Gasteiger partial charge in [-0.05, 0) is 24.6 Å². The summed E-state index contributed by atoms with van der Waals surface area (Å²) >= 11 is 1.56. The van der Waals surface area contributed by atoms with Crippen molar-refractivity contribution in [1.82, 2.24) is 10.6 Å². The molecule has 102 valence electrons. The Labute approximate surface area is 116 Å². The first-order chi connectivity index (χ1) is 9.28. The molecule has 1 heterocycles. The van der Waals surface area contributed by atoms with Crippen LogP contribution >= 0.6 is 11.8 Å². The van der Waals surface area contributed by atoms with E-state index in [2.05, 4.69) is 15.6 Å². The maximum atomic E-state index is 11.6. The quantitative estimate of drug-likeness (QED) is 0.886. The molecule has 0 saturated heterocycles. The number of hydrogen-bond donors (Lipinski definition) is 2. The Balaban J connectivity index is 1.76. The van der Waals surface area contributed by atoms with E-state index < -0.39 is 0 Å². The number of nitrogens with zero attached hydrogens (tertiary/aromatic N) is 1. The molecule has 1 aromatic carbocycles. The summed E-state index contributed by atoms with van der Waals surface area (Å²) in [6, 6.07) is 7.45. The molecule has 2 amide bonds. The first-order valence-electron chi connectivity index (χ1n) is 6.22. The highest BCUT2D eigenvalue weighted by molar-refractivity contribution is 8.14. The number of carbonyl (C=O) groups excluding carboxylic acids is 1. The first kappa shape index (κ1) is 13.7. The van der Waals surface area contributed by atoms with E-state index in [4.69, 9.17) is 4.74 Å². The van der Waals surface area contributed by atoms with Crippen molar-refractivity contribution in [2.75, 3.05) is 18.9 Å². The van der Waals surface area contributed by atoms with Crippen molar-refractivity contribution in [2.24, 2.45) is 4.99 Å². The van der Waals surface area contributed by atoms with Crippen LogP contribution in [0.5, 0.6) is 5.75 Å². The summed E-state index contributed by atoms with van der Waals surface area (Å²) in [5.41, 5.74) is 1.03. The number of thioether (sulfide) groups is 1. The summed E-state index contributed by atoms with van der Waals surface area (Å²) in [6.07, 6.45) is 0. The predicted octanol–water partition coefficient (Wildman–Crippen LogP) is 1.99. The average molecular weight is 279 g/mol. The van der Waals surface area contributed by atoms with Crippen molar-refractivity contribution in [3.05, 3.63) is 29.8 Å². The fourth-order valence-electron chi connectivity index (χ4n) is 1.60. The van der Waals surface area contributed by atoms with Gasteiger partial charge in [-0.25, -0.2) is 4.79 Å². The third-order valence-electron chi connectivity index (χ3n) is 2.49. The Morgan fingerprint density at radius 1 is 1.42 bits per heavy atom. The SMILES string of the molecule is CCOc1ccc(CNC(=O)NC2=NCCS2)cc1. The summed E-state index contributed by atoms with van der Waals surface area (Å²) in [5.74, 6) is 1.78. The van der Waals surface area contributed by atoms with Crippen molar-refractivity contribution in [2.45, 2.75) is 13.5 Å². The summed E-state index contributed by atoms with van der Waals surface area (Å²) in [6.45, 7) is 3.86. The smallest absolute Gasteiger partial charge is 0.321 e. The van der Waals surface area contributed by atoms with Gasteiger partial charge in [0.05, 0.1) is 13.2 Å². The molecule has 0 aromatic heterocycles. The molecule has 0 saturated carbocycles. The third-order valence-corrected chi connectivity index (χ3v) is 3.38. The second-order valence-electron chi connectivity index (χ2n) is 3.92. The lowest BCUT2D eigenvalue weighted by atomic mass is 10.2. The third kappa shape index (κ3) is 4.48. The standard InChI is InChI=1S/C13H17N3O2S/c1-2-18-11-5-3-10(4-6-11)9-15-12(17)16-13-14-7-8-19-13/h3-6H,2,7-9H2,1H3,(H2,14,15,16,17). The van der Waals surface area contributed by atoms with E-state index in [9.17, 15) is 4.79 Å². The lowest BCUT2D eigenvalue weighted by Gasteiger charge is -2.08. The van der Waals surface area contributed by atoms with E-state index in [1.807, 2.05) is 31.2 Å². The van der Waals surface area contributed by atoms with E-state index in [1.165, 1.54) is 0 Å². The number of urea groups is 1. The van der Waals surface area contributed by atoms with Crippen molar-refractivity contribution >= 4 is 23.0 Å². The predicted molar refractivity (Wildman–Crippen MR) is 77.7 cm³/mol.